The number of benzene rings is 3. The Bertz CT molecular complexity index is 2030. The number of urea groups is 2. The molecule has 3 atom stereocenters. The van der Waals surface area contributed by atoms with Gasteiger partial charge in [0.15, 0.2) is 11.6 Å². The second kappa shape index (κ2) is 22.5. The van der Waals surface area contributed by atoms with Gasteiger partial charge in [0.1, 0.15) is 22.2 Å². The Hall–Kier alpha value is -2.54. The van der Waals surface area contributed by atoms with Gasteiger partial charge in [-0.2, -0.15) is 0 Å². The van der Waals surface area contributed by atoms with Crippen molar-refractivity contribution in [3.8, 4) is 0 Å². The van der Waals surface area contributed by atoms with Crippen molar-refractivity contribution in [2.75, 3.05) is 19.5 Å². The zero-order chi connectivity index (χ0) is 44.4. The predicted molar refractivity (Wildman–Crippen MR) is 221 cm³/mol. The van der Waals surface area contributed by atoms with Crippen LogP contribution in [0.1, 0.15) is 60.2 Å². The number of thioether (sulfide) groups is 1. The van der Waals surface area contributed by atoms with Crippen LogP contribution in [-0.2, 0) is 13.6 Å². The van der Waals surface area contributed by atoms with Crippen LogP contribution < -0.4 is 16.0 Å². The fourth-order valence-corrected chi connectivity index (χ4v) is 9.23. The number of alkyl halides is 3. The second-order valence-electron chi connectivity index (χ2n) is 12.4. The topological polar surface area (TPSA) is 163 Å². The molecular formula is C35H35Cl6F4N4O8PS. The monoisotopic (exact) mass is 988 g/mol. The fourth-order valence-electron chi connectivity index (χ4n) is 5.47. The predicted octanol–water partition coefficient (Wildman–Crippen LogP) is 11.7. The number of nitrogens with zero attached hydrogens (tertiary/aromatic N) is 1. The molecule has 3 aromatic rings. The molecule has 4 N–H and O–H groups in total. The van der Waals surface area contributed by atoms with Gasteiger partial charge in [0.25, 0.3) is 11.1 Å². The number of anilines is 1. The smallest absolute Gasteiger partial charge is 0.362 e. The lowest BCUT2D eigenvalue weighted by Crippen LogP contribution is -2.48. The van der Waals surface area contributed by atoms with E-state index < -0.39 is 73.7 Å². The number of aliphatic hydroxyl groups is 1. The summed E-state index contributed by atoms with van der Waals surface area (Å²) < 4.78 is 71.9. The van der Waals surface area contributed by atoms with E-state index in [0.717, 1.165) is 63.7 Å². The highest BCUT2D eigenvalue weighted by atomic mass is 35.6. The number of rotatable bonds is 7. The van der Waals surface area contributed by atoms with Crippen LogP contribution in [0, 0.1) is 23.3 Å². The number of halogens is 10. The lowest BCUT2D eigenvalue weighted by molar-refractivity contribution is 0.0958. The van der Waals surface area contributed by atoms with Crippen LogP contribution in [0.15, 0.2) is 48.5 Å². The molecule has 6 amide bonds. The quantitative estimate of drug-likeness (QED) is 0.0593. The molecule has 1 saturated carbocycles. The molecule has 0 radical (unpaired) electrons. The molecule has 1 aliphatic heterocycles. The van der Waals surface area contributed by atoms with Crippen LogP contribution in [0.25, 0.3) is 0 Å². The first-order chi connectivity index (χ1) is 27.6. The SMILES string of the molecule is COP(=O)(OC)C(O)C(Cl)(Cl)Cl.C[C@H]1[C@H](c2ccc(Cl)cc2)SC(=O)N1C(=O)NC1CCCCC1.O=C(NC(=O)c1c(F)cccc1F)Nc1cc(Cl)c(F)c(Cl)c1F. The number of carbonyl (C=O) groups is 4. The van der Waals surface area contributed by atoms with E-state index in [2.05, 4.69) is 14.4 Å². The van der Waals surface area contributed by atoms with Crippen LogP contribution in [0.5, 0.6) is 0 Å². The van der Waals surface area contributed by atoms with E-state index in [9.17, 15) is 46.4 Å². The van der Waals surface area contributed by atoms with Crippen molar-refractivity contribution in [2.45, 2.75) is 66.0 Å². The van der Waals surface area contributed by atoms with E-state index in [1.54, 1.807) is 5.32 Å². The van der Waals surface area contributed by atoms with Gasteiger partial charge < -0.3 is 24.8 Å². The van der Waals surface area contributed by atoms with E-state index in [-0.39, 0.29) is 28.6 Å². The maximum atomic E-state index is 13.7. The van der Waals surface area contributed by atoms with E-state index in [1.807, 2.05) is 36.5 Å². The summed E-state index contributed by atoms with van der Waals surface area (Å²) in [7, 11) is -1.56. The second-order valence-corrected chi connectivity index (χ2v) is 19.4. The first kappa shape index (κ1) is 50.8. The first-order valence-electron chi connectivity index (χ1n) is 17.0. The number of hydrogen-bond acceptors (Lipinski definition) is 9. The molecule has 1 heterocycles. The fraction of sp³-hybridized carbons (Fsp3) is 0.371. The maximum Gasteiger partial charge on any atom is 0.362 e. The molecule has 24 heteroatoms. The van der Waals surface area contributed by atoms with Gasteiger partial charge in [-0.3, -0.25) is 24.4 Å². The van der Waals surface area contributed by atoms with Gasteiger partial charge >= 0.3 is 19.7 Å². The molecular weight excluding hydrogens is 956 g/mol. The van der Waals surface area contributed by atoms with Crippen LogP contribution in [-0.4, -0.2) is 69.2 Å². The molecule has 324 valence electrons. The minimum absolute atomic E-state index is 0.0446. The summed E-state index contributed by atoms with van der Waals surface area (Å²) in [6.45, 7) is 1.93. The van der Waals surface area contributed by atoms with E-state index in [0.29, 0.717) is 11.1 Å². The third kappa shape index (κ3) is 13.7. The molecule has 5 rings (SSSR count). The molecule has 1 unspecified atom stereocenters. The molecule has 0 aromatic heterocycles. The normalized spacial score (nSPS) is 17.5. The average molecular weight is 991 g/mol. The van der Waals surface area contributed by atoms with Gasteiger partial charge in [-0.05, 0) is 55.7 Å². The number of aliphatic hydroxyl groups excluding tert-OH is 1. The highest BCUT2D eigenvalue weighted by Gasteiger charge is 2.47. The Morgan fingerprint density at radius 2 is 1.49 bits per heavy atom. The van der Waals surface area contributed by atoms with Gasteiger partial charge in [-0.1, -0.05) is 119 Å². The molecule has 3 aromatic carbocycles. The molecule has 59 heavy (non-hydrogen) atoms. The lowest BCUT2D eigenvalue weighted by atomic mass is 9.96. The summed E-state index contributed by atoms with van der Waals surface area (Å²) >= 11 is 33.8. The Labute approximate surface area is 370 Å². The van der Waals surface area contributed by atoms with Gasteiger partial charge in [0.05, 0.1) is 22.0 Å². The van der Waals surface area contributed by atoms with E-state index in [1.165, 1.54) is 23.1 Å². The molecule has 2 aliphatic rings. The number of imide groups is 2. The standard InChI is InChI=1S/C17H21ClN2O2S.C14H6Cl2F4N2O2.C4H8Cl3O4P/c1-11-15(12-7-9-13(18)10-8-12)23-17(22)20(11)16(21)19-14-5-3-2-4-6-14;15-5-4-8(12(20)10(16)11(5)19)21-14(24)22-13(23)9-6(17)2-1-3-7(9)18;1-10-12(9,11-2)3(8)4(5,6)7/h7-11,14-15H,2-6H2,1H3,(H,19,21);1-4H,(H2,21,22,23,24);3,8H,1-2H3/t11-,15+;;/m0../s1. The molecule has 1 aliphatic carbocycles. The Balaban J connectivity index is 0.000000251. The van der Waals surface area contributed by atoms with Crippen LogP contribution in [0.4, 0.5) is 37.6 Å². The maximum absolute atomic E-state index is 13.7. The summed E-state index contributed by atoms with van der Waals surface area (Å²) in [5, 5.41) is 14.6. The van der Waals surface area contributed by atoms with Crippen molar-refractivity contribution in [1.82, 2.24) is 15.5 Å². The van der Waals surface area contributed by atoms with Gasteiger partial charge in [-0.25, -0.2) is 27.2 Å². The highest BCUT2D eigenvalue weighted by Crippen LogP contribution is 2.57. The molecule has 0 spiro atoms. The van der Waals surface area contributed by atoms with Crippen molar-refractivity contribution >= 4 is 118 Å². The molecule has 1 saturated heterocycles. The molecule has 2 fully saturated rings. The number of amides is 6. The third-order valence-electron chi connectivity index (χ3n) is 8.49. The lowest BCUT2D eigenvalue weighted by Gasteiger charge is -2.27. The zero-order valence-electron chi connectivity index (χ0n) is 30.9. The number of carbonyl (C=O) groups excluding carboxylic acids is 4. The van der Waals surface area contributed by atoms with Crippen molar-refractivity contribution in [3.63, 3.8) is 0 Å². The average Bonchev–Trinajstić information content (AvgIpc) is 3.49. The third-order valence-corrected chi connectivity index (χ3v) is 13.7. The Morgan fingerprint density at radius 1 is 0.932 bits per heavy atom. The van der Waals surface area contributed by atoms with Crippen LogP contribution >= 0.6 is 89.0 Å². The highest BCUT2D eigenvalue weighted by molar-refractivity contribution is 8.14. The summed E-state index contributed by atoms with van der Waals surface area (Å²) in [4.78, 5) is 49.6. The Morgan fingerprint density at radius 3 is 2.00 bits per heavy atom. The number of nitrogens with one attached hydrogen (secondary N) is 3. The van der Waals surface area contributed by atoms with Crippen molar-refractivity contribution in [3.05, 3.63) is 98.0 Å². The number of hydrogen-bond donors (Lipinski definition) is 4. The Kier molecular flexibility index (Phi) is 19.4. The van der Waals surface area contributed by atoms with Crippen molar-refractivity contribution in [2.24, 2.45) is 0 Å². The van der Waals surface area contributed by atoms with Crippen molar-refractivity contribution < 1.29 is 55.5 Å². The summed E-state index contributed by atoms with van der Waals surface area (Å²) in [5.74, 6) is -8.16. The minimum atomic E-state index is -3.73. The van der Waals surface area contributed by atoms with E-state index >= 15 is 0 Å². The summed E-state index contributed by atoms with van der Waals surface area (Å²) in [6, 6.07) is 9.30. The van der Waals surface area contributed by atoms with Crippen molar-refractivity contribution in [1.29, 1.82) is 0 Å². The summed E-state index contributed by atoms with van der Waals surface area (Å²) in [5.41, 5.74) is -0.609. The minimum Gasteiger partial charge on any atom is -0.377 e. The molecule has 12 nitrogen and oxygen atoms in total. The molecule has 0 bridgehead atoms. The largest absolute Gasteiger partial charge is 0.377 e. The van der Waals surface area contributed by atoms with E-state index in [4.69, 9.17) is 69.6 Å². The van der Waals surface area contributed by atoms with Gasteiger partial charge in [0, 0.05) is 25.3 Å². The zero-order valence-corrected chi connectivity index (χ0v) is 37.1. The van der Waals surface area contributed by atoms with Gasteiger partial charge in [0.2, 0.25) is 9.64 Å². The van der Waals surface area contributed by atoms with Crippen LogP contribution in [0.2, 0.25) is 15.1 Å². The van der Waals surface area contributed by atoms with Crippen LogP contribution in [0.3, 0.4) is 0 Å². The van der Waals surface area contributed by atoms with Gasteiger partial charge in [-0.15, -0.1) is 0 Å². The first-order valence-corrected chi connectivity index (χ1v) is 21.7. The summed E-state index contributed by atoms with van der Waals surface area (Å²) in [6.07, 6.45) is 5.55.